The van der Waals surface area contributed by atoms with Crippen LogP contribution >= 0.6 is 0 Å². The molecule has 0 fully saturated rings. The van der Waals surface area contributed by atoms with Gasteiger partial charge in [-0.15, -0.1) is 0 Å². The number of aliphatic hydroxyl groups is 1. The molecular formula is C16H27NO2. The van der Waals surface area contributed by atoms with Crippen molar-refractivity contribution in [3.8, 4) is 5.75 Å². The SMILES string of the molecule is COc1ccc(CCN(C)CC(C)(C)O)c(C)c1C. The summed E-state index contributed by atoms with van der Waals surface area (Å²) in [4.78, 5) is 2.17. The summed E-state index contributed by atoms with van der Waals surface area (Å²) in [6, 6.07) is 4.17. The van der Waals surface area contributed by atoms with Gasteiger partial charge < -0.3 is 14.7 Å². The quantitative estimate of drug-likeness (QED) is 0.858. The Balaban J connectivity index is 2.66. The van der Waals surface area contributed by atoms with Gasteiger partial charge in [0.2, 0.25) is 0 Å². The van der Waals surface area contributed by atoms with Gasteiger partial charge in [-0.25, -0.2) is 0 Å². The molecule has 0 radical (unpaired) electrons. The first kappa shape index (κ1) is 16.0. The molecule has 0 amide bonds. The van der Waals surface area contributed by atoms with Crippen molar-refractivity contribution in [3.05, 3.63) is 28.8 Å². The van der Waals surface area contributed by atoms with Crippen LogP contribution in [0.1, 0.15) is 30.5 Å². The number of methoxy groups -OCH3 is 1. The van der Waals surface area contributed by atoms with Gasteiger partial charge >= 0.3 is 0 Å². The minimum Gasteiger partial charge on any atom is -0.496 e. The standard InChI is InChI=1S/C16H27NO2/c1-12-13(2)15(19-6)8-7-14(12)9-10-17(5)11-16(3,4)18/h7-8,18H,9-11H2,1-6H3. The molecule has 1 aromatic rings. The molecule has 3 nitrogen and oxygen atoms in total. The summed E-state index contributed by atoms with van der Waals surface area (Å²) in [7, 11) is 3.75. The smallest absolute Gasteiger partial charge is 0.122 e. The normalized spacial score (nSPS) is 12.0. The molecule has 0 heterocycles. The molecule has 19 heavy (non-hydrogen) atoms. The van der Waals surface area contributed by atoms with Crippen LogP contribution in [-0.4, -0.2) is 42.9 Å². The topological polar surface area (TPSA) is 32.7 Å². The number of ether oxygens (including phenoxy) is 1. The highest BCUT2D eigenvalue weighted by atomic mass is 16.5. The maximum absolute atomic E-state index is 9.79. The van der Waals surface area contributed by atoms with E-state index in [0.29, 0.717) is 6.54 Å². The summed E-state index contributed by atoms with van der Waals surface area (Å²) < 4.78 is 5.33. The maximum atomic E-state index is 9.79. The Hall–Kier alpha value is -1.06. The number of rotatable bonds is 6. The van der Waals surface area contributed by atoms with Crippen LogP contribution in [0.25, 0.3) is 0 Å². The fourth-order valence-electron chi connectivity index (χ4n) is 2.39. The van der Waals surface area contributed by atoms with E-state index in [0.717, 1.165) is 18.7 Å². The van der Waals surface area contributed by atoms with E-state index in [4.69, 9.17) is 4.74 Å². The maximum Gasteiger partial charge on any atom is 0.122 e. The van der Waals surface area contributed by atoms with Gasteiger partial charge in [-0.2, -0.15) is 0 Å². The zero-order chi connectivity index (χ0) is 14.6. The fourth-order valence-corrected chi connectivity index (χ4v) is 2.39. The molecule has 0 unspecified atom stereocenters. The van der Waals surface area contributed by atoms with Crippen molar-refractivity contribution in [2.45, 2.75) is 39.7 Å². The Bertz CT molecular complexity index is 421. The molecule has 0 spiro atoms. The van der Waals surface area contributed by atoms with Crippen molar-refractivity contribution in [2.24, 2.45) is 0 Å². The van der Waals surface area contributed by atoms with Crippen LogP contribution in [0.2, 0.25) is 0 Å². The highest BCUT2D eigenvalue weighted by Gasteiger charge is 2.15. The van der Waals surface area contributed by atoms with Crippen LogP contribution in [0.4, 0.5) is 0 Å². The molecule has 0 bridgehead atoms. The number of likely N-dealkylation sites (N-methyl/N-ethyl adjacent to an activating group) is 1. The Morgan fingerprint density at radius 2 is 1.84 bits per heavy atom. The van der Waals surface area contributed by atoms with Crippen molar-refractivity contribution in [1.82, 2.24) is 4.90 Å². The summed E-state index contributed by atoms with van der Waals surface area (Å²) in [5.41, 5.74) is 3.22. The van der Waals surface area contributed by atoms with E-state index in [2.05, 4.69) is 24.8 Å². The molecule has 1 rings (SSSR count). The zero-order valence-corrected chi connectivity index (χ0v) is 13.1. The van der Waals surface area contributed by atoms with Gasteiger partial charge in [0.25, 0.3) is 0 Å². The van der Waals surface area contributed by atoms with E-state index in [1.54, 1.807) is 7.11 Å². The van der Waals surface area contributed by atoms with E-state index >= 15 is 0 Å². The highest BCUT2D eigenvalue weighted by molar-refractivity contribution is 5.43. The van der Waals surface area contributed by atoms with Crippen molar-refractivity contribution >= 4 is 0 Å². The Morgan fingerprint density at radius 3 is 2.37 bits per heavy atom. The monoisotopic (exact) mass is 265 g/mol. The largest absolute Gasteiger partial charge is 0.496 e. The molecule has 0 aliphatic heterocycles. The van der Waals surface area contributed by atoms with Gasteiger partial charge in [0.05, 0.1) is 12.7 Å². The second-order valence-corrected chi connectivity index (χ2v) is 5.98. The molecule has 1 aromatic carbocycles. The summed E-state index contributed by atoms with van der Waals surface area (Å²) in [6.07, 6.45) is 0.989. The van der Waals surface area contributed by atoms with Gasteiger partial charge in [-0.3, -0.25) is 0 Å². The lowest BCUT2D eigenvalue weighted by Gasteiger charge is -2.25. The molecule has 0 atom stereocenters. The number of hydrogen-bond donors (Lipinski definition) is 1. The molecule has 0 saturated heterocycles. The average molecular weight is 265 g/mol. The van der Waals surface area contributed by atoms with Crippen LogP contribution in [0, 0.1) is 13.8 Å². The van der Waals surface area contributed by atoms with E-state index in [9.17, 15) is 5.11 Å². The van der Waals surface area contributed by atoms with E-state index in [1.165, 1.54) is 16.7 Å². The van der Waals surface area contributed by atoms with Gasteiger partial charge in [0, 0.05) is 13.1 Å². The minimum absolute atomic E-state index is 0.639. The minimum atomic E-state index is -0.639. The van der Waals surface area contributed by atoms with E-state index in [1.807, 2.05) is 27.0 Å². The van der Waals surface area contributed by atoms with E-state index < -0.39 is 5.60 Å². The first-order valence-electron chi connectivity index (χ1n) is 6.78. The molecule has 0 aliphatic carbocycles. The van der Waals surface area contributed by atoms with Gasteiger partial charge in [0.1, 0.15) is 5.75 Å². The molecular weight excluding hydrogens is 238 g/mol. The summed E-state index contributed by atoms with van der Waals surface area (Å²) in [5, 5.41) is 9.79. The Kier molecular flexibility index (Phi) is 5.39. The predicted octanol–water partition coefficient (Wildman–Crippen LogP) is 2.56. The number of hydrogen-bond acceptors (Lipinski definition) is 3. The third-order valence-corrected chi connectivity index (χ3v) is 3.49. The van der Waals surface area contributed by atoms with Crippen molar-refractivity contribution < 1.29 is 9.84 Å². The lowest BCUT2D eigenvalue weighted by Crippen LogP contribution is -2.37. The second-order valence-electron chi connectivity index (χ2n) is 5.98. The van der Waals surface area contributed by atoms with Crippen LogP contribution in [0.3, 0.4) is 0 Å². The molecule has 3 heteroatoms. The number of nitrogens with zero attached hydrogens (tertiary/aromatic N) is 1. The third kappa shape index (κ3) is 4.84. The average Bonchev–Trinajstić information content (AvgIpc) is 2.29. The van der Waals surface area contributed by atoms with E-state index in [-0.39, 0.29) is 0 Å². The van der Waals surface area contributed by atoms with Gasteiger partial charge in [0.15, 0.2) is 0 Å². The second kappa shape index (κ2) is 6.40. The molecule has 0 aliphatic rings. The van der Waals surface area contributed by atoms with Crippen molar-refractivity contribution in [3.63, 3.8) is 0 Å². The van der Waals surface area contributed by atoms with Crippen LogP contribution in [-0.2, 0) is 6.42 Å². The lowest BCUT2D eigenvalue weighted by molar-refractivity contribution is 0.0450. The van der Waals surface area contributed by atoms with Crippen molar-refractivity contribution in [2.75, 3.05) is 27.2 Å². The molecule has 0 saturated carbocycles. The molecule has 1 N–H and O–H groups in total. The predicted molar refractivity (Wildman–Crippen MR) is 80.0 cm³/mol. The first-order valence-corrected chi connectivity index (χ1v) is 6.78. The molecule has 0 aromatic heterocycles. The Morgan fingerprint density at radius 1 is 1.21 bits per heavy atom. The van der Waals surface area contributed by atoms with Crippen LogP contribution in [0.15, 0.2) is 12.1 Å². The summed E-state index contributed by atoms with van der Waals surface area (Å²) in [5.74, 6) is 0.950. The third-order valence-electron chi connectivity index (χ3n) is 3.49. The fraction of sp³-hybridized carbons (Fsp3) is 0.625. The summed E-state index contributed by atoms with van der Waals surface area (Å²) in [6.45, 7) is 9.54. The first-order chi connectivity index (χ1) is 8.74. The van der Waals surface area contributed by atoms with Crippen LogP contribution < -0.4 is 4.74 Å². The number of benzene rings is 1. The zero-order valence-electron chi connectivity index (χ0n) is 13.1. The van der Waals surface area contributed by atoms with Crippen molar-refractivity contribution in [1.29, 1.82) is 0 Å². The summed E-state index contributed by atoms with van der Waals surface area (Å²) >= 11 is 0. The molecule has 108 valence electrons. The van der Waals surface area contributed by atoms with Gasteiger partial charge in [-0.1, -0.05) is 6.07 Å². The highest BCUT2D eigenvalue weighted by Crippen LogP contribution is 2.24. The Labute approximate surface area is 117 Å². The van der Waals surface area contributed by atoms with Crippen LogP contribution in [0.5, 0.6) is 5.75 Å². The van der Waals surface area contributed by atoms with Gasteiger partial charge in [-0.05, 0) is 63.9 Å². The lowest BCUT2D eigenvalue weighted by atomic mass is 9.99.